The summed E-state index contributed by atoms with van der Waals surface area (Å²) in [7, 11) is 2.19. The van der Waals surface area contributed by atoms with Crippen molar-refractivity contribution < 1.29 is 0 Å². The summed E-state index contributed by atoms with van der Waals surface area (Å²) in [6.07, 6.45) is 7.65. The van der Waals surface area contributed by atoms with Crippen molar-refractivity contribution in [1.82, 2.24) is 14.5 Å². The molecule has 0 aliphatic carbocycles. The maximum atomic E-state index is 5.74. The van der Waals surface area contributed by atoms with Crippen LogP contribution < -0.4 is 5.73 Å². The molecule has 1 aromatic heterocycles. The fraction of sp³-hybridized carbons (Fsp3) is 0.700. The van der Waals surface area contributed by atoms with Gasteiger partial charge in [0.15, 0.2) is 5.95 Å². The predicted octanol–water partition coefficient (Wildman–Crippen LogP) is 0.950. The summed E-state index contributed by atoms with van der Waals surface area (Å²) in [5, 5.41) is 0. The minimum absolute atomic E-state index is 0.625. The van der Waals surface area contributed by atoms with Gasteiger partial charge in [-0.15, -0.1) is 0 Å². The van der Waals surface area contributed by atoms with Gasteiger partial charge >= 0.3 is 0 Å². The molecular weight excluding hydrogens is 176 g/mol. The van der Waals surface area contributed by atoms with Crippen molar-refractivity contribution in [3.05, 3.63) is 12.4 Å². The SMILES string of the molecule is CN1CCCCC1Cn1ccnc1N. The van der Waals surface area contributed by atoms with Crippen molar-refractivity contribution in [2.45, 2.75) is 31.8 Å². The molecule has 78 valence electrons. The van der Waals surface area contributed by atoms with E-state index < -0.39 is 0 Å². The summed E-state index contributed by atoms with van der Waals surface area (Å²) in [5.41, 5.74) is 5.74. The number of nitrogens with two attached hydrogens (primary N) is 1. The molecule has 0 amide bonds. The maximum Gasteiger partial charge on any atom is 0.200 e. The first-order valence-corrected chi connectivity index (χ1v) is 5.24. The van der Waals surface area contributed by atoms with E-state index in [1.165, 1.54) is 25.8 Å². The Balaban J connectivity index is 1.99. The van der Waals surface area contributed by atoms with E-state index in [0.717, 1.165) is 6.54 Å². The molecule has 0 bridgehead atoms. The lowest BCUT2D eigenvalue weighted by molar-refractivity contribution is 0.168. The number of likely N-dealkylation sites (N-methyl/N-ethyl adjacent to an activating group) is 1. The molecule has 2 N–H and O–H groups in total. The Labute approximate surface area is 84.7 Å². The third-order valence-corrected chi connectivity index (χ3v) is 3.08. The largest absolute Gasteiger partial charge is 0.369 e. The molecule has 1 fully saturated rings. The Morgan fingerprint density at radius 2 is 2.43 bits per heavy atom. The molecule has 0 saturated carbocycles. The minimum atomic E-state index is 0.625. The first kappa shape index (κ1) is 9.52. The molecule has 0 aromatic carbocycles. The second kappa shape index (κ2) is 4.00. The number of likely N-dealkylation sites (tertiary alicyclic amines) is 1. The Morgan fingerprint density at radius 1 is 1.57 bits per heavy atom. The first-order valence-electron chi connectivity index (χ1n) is 5.24. The van der Waals surface area contributed by atoms with Crippen LogP contribution in [0.4, 0.5) is 5.95 Å². The maximum absolute atomic E-state index is 5.74. The zero-order chi connectivity index (χ0) is 9.97. The Morgan fingerprint density at radius 3 is 3.07 bits per heavy atom. The highest BCUT2D eigenvalue weighted by atomic mass is 15.2. The van der Waals surface area contributed by atoms with Crippen LogP contribution in [-0.4, -0.2) is 34.1 Å². The summed E-state index contributed by atoms with van der Waals surface area (Å²) >= 11 is 0. The van der Waals surface area contributed by atoms with Crippen LogP contribution in [0, 0.1) is 0 Å². The molecule has 1 saturated heterocycles. The number of nitrogen functional groups attached to an aromatic ring is 1. The highest BCUT2D eigenvalue weighted by Crippen LogP contribution is 2.17. The summed E-state index contributed by atoms with van der Waals surface area (Å²) in [6, 6.07) is 0.625. The number of imidazole rings is 1. The number of piperidine rings is 1. The molecule has 1 aromatic rings. The number of hydrogen-bond acceptors (Lipinski definition) is 3. The molecule has 1 aliphatic heterocycles. The van der Waals surface area contributed by atoms with E-state index in [9.17, 15) is 0 Å². The second-order valence-electron chi connectivity index (χ2n) is 4.07. The van der Waals surface area contributed by atoms with E-state index in [-0.39, 0.29) is 0 Å². The Bertz CT molecular complexity index is 294. The summed E-state index contributed by atoms with van der Waals surface area (Å²) in [5.74, 6) is 0.629. The average Bonchev–Trinajstić information content (AvgIpc) is 2.56. The van der Waals surface area contributed by atoms with Gasteiger partial charge in [-0.3, -0.25) is 0 Å². The molecule has 1 aliphatic rings. The molecule has 4 heteroatoms. The molecule has 4 nitrogen and oxygen atoms in total. The molecule has 1 unspecified atom stereocenters. The third-order valence-electron chi connectivity index (χ3n) is 3.08. The summed E-state index contributed by atoms with van der Waals surface area (Å²) in [6.45, 7) is 2.18. The van der Waals surface area contributed by atoms with Crippen LogP contribution in [0.3, 0.4) is 0 Å². The average molecular weight is 194 g/mol. The summed E-state index contributed by atoms with van der Waals surface area (Å²) < 4.78 is 2.03. The molecular formula is C10H18N4. The predicted molar refractivity (Wildman–Crippen MR) is 56.9 cm³/mol. The van der Waals surface area contributed by atoms with Crippen LogP contribution in [0.2, 0.25) is 0 Å². The van der Waals surface area contributed by atoms with Gasteiger partial charge in [-0.25, -0.2) is 4.98 Å². The number of nitrogens with zero attached hydrogens (tertiary/aromatic N) is 3. The lowest BCUT2D eigenvalue weighted by atomic mass is 10.0. The molecule has 0 spiro atoms. The molecule has 14 heavy (non-hydrogen) atoms. The minimum Gasteiger partial charge on any atom is -0.369 e. The van der Waals surface area contributed by atoms with Crippen LogP contribution in [0.25, 0.3) is 0 Å². The zero-order valence-corrected chi connectivity index (χ0v) is 8.69. The van der Waals surface area contributed by atoms with Gasteiger partial charge in [0.05, 0.1) is 0 Å². The number of anilines is 1. The van der Waals surface area contributed by atoms with Crippen molar-refractivity contribution in [3.8, 4) is 0 Å². The Kier molecular flexibility index (Phi) is 2.72. The van der Waals surface area contributed by atoms with Crippen molar-refractivity contribution in [2.75, 3.05) is 19.3 Å². The van der Waals surface area contributed by atoms with Gasteiger partial charge in [-0.1, -0.05) is 6.42 Å². The van der Waals surface area contributed by atoms with E-state index in [1.807, 2.05) is 10.8 Å². The van der Waals surface area contributed by atoms with Gasteiger partial charge in [-0.2, -0.15) is 0 Å². The van der Waals surface area contributed by atoms with E-state index in [2.05, 4.69) is 16.9 Å². The van der Waals surface area contributed by atoms with Gasteiger partial charge in [0.25, 0.3) is 0 Å². The van der Waals surface area contributed by atoms with Gasteiger partial charge in [-0.05, 0) is 26.4 Å². The number of hydrogen-bond donors (Lipinski definition) is 1. The van der Waals surface area contributed by atoms with Crippen LogP contribution in [-0.2, 0) is 6.54 Å². The molecule has 2 heterocycles. The van der Waals surface area contributed by atoms with Crippen LogP contribution in [0.5, 0.6) is 0 Å². The van der Waals surface area contributed by atoms with E-state index in [4.69, 9.17) is 5.73 Å². The van der Waals surface area contributed by atoms with Crippen molar-refractivity contribution in [1.29, 1.82) is 0 Å². The monoisotopic (exact) mass is 194 g/mol. The normalized spacial score (nSPS) is 23.9. The van der Waals surface area contributed by atoms with Gasteiger partial charge in [0, 0.05) is 25.0 Å². The van der Waals surface area contributed by atoms with Crippen molar-refractivity contribution in [2.24, 2.45) is 0 Å². The second-order valence-corrected chi connectivity index (χ2v) is 4.07. The first-order chi connectivity index (χ1) is 6.77. The topological polar surface area (TPSA) is 47.1 Å². The molecule has 1 atom stereocenters. The highest BCUT2D eigenvalue weighted by molar-refractivity contribution is 5.16. The number of rotatable bonds is 2. The standard InChI is InChI=1S/C10H18N4/c1-13-6-3-2-4-9(13)8-14-7-5-12-10(14)11/h5,7,9H,2-4,6,8H2,1H3,(H2,11,12). The van der Waals surface area contributed by atoms with Crippen LogP contribution >= 0.6 is 0 Å². The van der Waals surface area contributed by atoms with Crippen LogP contribution in [0.1, 0.15) is 19.3 Å². The number of aromatic nitrogens is 2. The Hall–Kier alpha value is -1.03. The lowest BCUT2D eigenvalue weighted by Gasteiger charge is -2.32. The van der Waals surface area contributed by atoms with Gasteiger partial charge < -0.3 is 15.2 Å². The zero-order valence-electron chi connectivity index (χ0n) is 8.69. The summed E-state index contributed by atoms with van der Waals surface area (Å²) in [4.78, 5) is 6.45. The quantitative estimate of drug-likeness (QED) is 0.762. The van der Waals surface area contributed by atoms with Crippen molar-refractivity contribution in [3.63, 3.8) is 0 Å². The van der Waals surface area contributed by atoms with Gasteiger partial charge in [0.2, 0.25) is 0 Å². The fourth-order valence-corrected chi connectivity index (χ4v) is 2.10. The van der Waals surface area contributed by atoms with Crippen LogP contribution in [0.15, 0.2) is 12.4 Å². The molecule has 0 radical (unpaired) electrons. The van der Waals surface area contributed by atoms with E-state index >= 15 is 0 Å². The third kappa shape index (κ3) is 1.90. The van der Waals surface area contributed by atoms with E-state index in [1.54, 1.807) is 6.20 Å². The fourth-order valence-electron chi connectivity index (χ4n) is 2.10. The highest BCUT2D eigenvalue weighted by Gasteiger charge is 2.19. The van der Waals surface area contributed by atoms with Crippen molar-refractivity contribution >= 4 is 5.95 Å². The molecule has 2 rings (SSSR count). The van der Waals surface area contributed by atoms with Gasteiger partial charge in [0.1, 0.15) is 0 Å². The lowest BCUT2D eigenvalue weighted by Crippen LogP contribution is -2.39. The smallest absolute Gasteiger partial charge is 0.200 e. The van der Waals surface area contributed by atoms with E-state index in [0.29, 0.717) is 12.0 Å².